The first kappa shape index (κ1) is 18.0. The fraction of sp³-hybridized carbons (Fsp3) is 0.211. The zero-order chi connectivity index (χ0) is 18.5. The summed E-state index contributed by atoms with van der Waals surface area (Å²) in [5, 5.41) is 5.52. The second kappa shape index (κ2) is 8.05. The lowest BCUT2D eigenvalue weighted by atomic mass is 10.2. The van der Waals surface area contributed by atoms with Crippen LogP contribution in [0.5, 0.6) is 0 Å². The maximum atomic E-state index is 12.3. The van der Waals surface area contributed by atoms with Gasteiger partial charge in [-0.1, -0.05) is 24.3 Å². The number of benzene rings is 2. The summed E-state index contributed by atoms with van der Waals surface area (Å²) >= 11 is 1.49. The van der Waals surface area contributed by atoms with Crippen LogP contribution in [0.1, 0.15) is 12.5 Å². The second-order valence-corrected chi connectivity index (χ2v) is 6.91. The van der Waals surface area contributed by atoms with Gasteiger partial charge in [0.05, 0.1) is 11.4 Å². The maximum Gasteiger partial charge on any atom is 0.240 e. The third-order valence-electron chi connectivity index (χ3n) is 3.87. The smallest absolute Gasteiger partial charge is 0.240 e. The van der Waals surface area contributed by atoms with Gasteiger partial charge < -0.3 is 15.5 Å². The van der Waals surface area contributed by atoms with Crippen molar-refractivity contribution in [3.63, 3.8) is 0 Å². The van der Waals surface area contributed by atoms with E-state index in [0.29, 0.717) is 18.0 Å². The van der Waals surface area contributed by atoms with Crippen LogP contribution in [-0.4, -0.2) is 30.0 Å². The molecule has 2 aromatic rings. The Morgan fingerprint density at radius 1 is 1.12 bits per heavy atom. The van der Waals surface area contributed by atoms with Gasteiger partial charge in [0.15, 0.2) is 0 Å². The van der Waals surface area contributed by atoms with Crippen LogP contribution in [0.15, 0.2) is 53.4 Å². The van der Waals surface area contributed by atoms with Crippen molar-refractivity contribution in [1.29, 1.82) is 0 Å². The van der Waals surface area contributed by atoms with Crippen molar-refractivity contribution in [2.45, 2.75) is 18.4 Å². The molecule has 1 aliphatic rings. The van der Waals surface area contributed by atoms with Gasteiger partial charge in [-0.15, -0.1) is 11.8 Å². The first-order valence-corrected chi connectivity index (χ1v) is 9.17. The van der Waals surface area contributed by atoms with Gasteiger partial charge in [-0.3, -0.25) is 14.4 Å². The molecule has 2 aromatic carbocycles. The highest BCUT2D eigenvalue weighted by Crippen LogP contribution is 2.34. The summed E-state index contributed by atoms with van der Waals surface area (Å²) in [7, 11) is 0. The number of anilines is 2. The lowest BCUT2D eigenvalue weighted by Crippen LogP contribution is -2.43. The highest BCUT2D eigenvalue weighted by Gasteiger charge is 2.25. The predicted molar refractivity (Wildman–Crippen MR) is 102 cm³/mol. The molecule has 0 aliphatic carbocycles. The molecule has 1 heterocycles. The first-order chi connectivity index (χ1) is 12.5. The fourth-order valence-corrected chi connectivity index (χ4v) is 3.57. The zero-order valence-corrected chi connectivity index (χ0v) is 15.1. The summed E-state index contributed by atoms with van der Waals surface area (Å²) < 4.78 is 0. The molecule has 26 heavy (non-hydrogen) atoms. The molecule has 134 valence electrons. The normalized spacial score (nSPS) is 13.1. The van der Waals surface area contributed by atoms with E-state index in [2.05, 4.69) is 10.6 Å². The van der Waals surface area contributed by atoms with Crippen molar-refractivity contribution in [2.24, 2.45) is 0 Å². The van der Waals surface area contributed by atoms with Gasteiger partial charge in [-0.25, -0.2) is 0 Å². The SMILES string of the molecule is CC(=O)Nc1ccc(CNC(=O)CN2C(=O)CSc3ccccc32)cc1. The molecule has 3 rings (SSSR count). The van der Waals surface area contributed by atoms with E-state index in [0.717, 1.165) is 16.1 Å². The van der Waals surface area contributed by atoms with Crippen LogP contribution in [0.4, 0.5) is 11.4 Å². The molecule has 0 fully saturated rings. The summed E-state index contributed by atoms with van der Waals surface area (Å²) in [6, 6.07) is 14.8. The van der Waals surface area contributed by atoms with Gasteiger partial charge in [-0.05, 0) is 29.8 Å². The zero-order valence-electron chi connectivity index (χ0n) is 14.3. The predicted octanol–water partition coefficient (Wildman–Crippen LogP) is 2.40. The Labute approximate surface area is 156 Å². The highest BCUT2D eigenvalue weighted by atomic mass is 32.2. The molecule has 3 amide bonds. The Balaban J connectivity index is 1.57. The molecular formula is C19H19N3O3S. The van der Waals surface area contributed by atoms with Crippen molar-refractivity contribution in [3.8, 4) is 0 Å². The molecule has 0 saturated heterocycles. The van der Waals surface area contributed by atoms with Crippen LogP contribution in [0, 0.1) is 0 Å². The second-order valence-electron chi connectivity index (χ2n) is 5.89. The quantitative estimate of drug-likeness (QED) is 0.848. The number of carbonyl (C=O) groups excluding carboxylic acids is 3. The first-order valence-electron chi connectivity index (χ1n) is 8.18. The number of thioether (sulfide) groups is 1. The third kappa shape index (κ3) is 4.43. The van der Waals surface area contributed by atoms with Crippen molar-refractivity contribution < 1.29 is 14.4 Å². The Morgan fingerprint density at radius 2 is 1.85 bits per heavy atom. The monoisotopic (exact) mass is 369 g/mol. The number of para-hydroxylation sites is 1. The van der Waals surface area contributed by atoms with E-state index < -0.39 is 0 Å². The molecule has 0 aromatic heterocycles. The molecule has 0 atom stereocenters. The van der Waals surface area contributed by atoms with Gasteiger partial charge in [0.2, 0.25) is 17.7 Å². The van der Waals surface area contributed by atoms with E-state index in [1.807, 2.05) is 36.4 Å². The highest BCUT2D eigenvalue weighted by molar-refractivity contribution is 8.00. The van der Waals surface area contributed by atoms with Crippen LogP contribution in [-0.2, 0) is 20.9 Å². The molecule has 2 N–H and O–H groups in total. The number of rotatable bonds is 5. The minimum Gasteiger partial charge on any atom is -0.350 e. The van der Waals surface area contributed by atoms with Crippen LogP contribution in [0.2, 0.25) is 0 Å². The van der Waals surface area contributed by atoms with Crippen LogP contribution in [0.3, 0.4) is 0 Å². The topological polar surface area (TPSA) is 78.5 Å². The third-order valence-corrected chi connectivity index (χ3v) is 4.92. The van der Waals surface area contributed by atoms with Gasteiger partial charge in [-0.2, -0.15) is 0 Å². The Bertz CT molecular complexity index is 836. The number of amides is 3. The number of carbonyl (C=O) groups is 3. The van der Waals surface area contributed by atoms with E-state index >= 15 is 0 Å². The van der Waals surface area contributed by atoms with Crippen LogP contribution < -0.4 is 15.5 Å². The molecule has 1 aliphatic heterocycles. The summed E-state index contributed by atoms with van der Waals surface area (Å²) in [5.74, 6) is -0.0697. The van der Waals surface area contributed by atoms with Crippen molar-refractivity contribution in [2.75, 3.05) is 22.5 Å². The Hall–Kier alpha value is -2.80. The number of hydrogen-bond acceptors (Lipinski definition) is 4. The summed E-state index contributed by atoms with van der Waals surface area (Å²) in [6.45, 7) is 1.81. The van der Waals surface area contributed by atoms with E-state index in [1.165, 1.54) is 23.6 Å². The molecule has 6 nitrogen and oxygen atoms in total. The molecule has 7 heteroatoms. The average Bonchev–Trinajstić information content (AvgIpc) is 2.63. The van der Waals surface area contributed by atoms with Gasteiger partial charge >= 0.3 is 0 Å². The number of fused-ring (bicyclic) bond motifs is 1. The molecule has 0 spiro atoms. The molecule has 0 unspecified atom stereocenters. The van der Waals surface area contributed by atoms with E-state index in [9.17, 15) is 14.4 Å². The Kier molecular flexibility index (Phi) is 5.58. The average molecular weight is 369 g/mol. The number of nitrogens with one attached hydrogen (secondary N) is 2. The van der Waals surface area contributed by atoms with E-state index in [4.69, 9.17) is 0 Å². The van der Waals surface area contributed by atoms with Gasteiger partial charge in [0, 0.05) is 24.1 Å². The summed E-state index contributed by atoms with van der Waals surface area (Å²) in [4.78, 5) is 38.0. The number of hydrogen-bond donors (Lipinski definition) is 2. The minimum absolute atomic E-state index is 0.000379. The standard InChI is InChI=1S/C19H19N3O3S/c1-13(23)21-15-8-6-14(7-9-15)10-20-18(24)11-22-16-4-2-3-5-17(16)26-12-19(22)25/h2-9H,10-12H2,1H3,(H,20,24)(H,21,23). The van der Waals surface area contributed by atoms with Crippen molar-refractivity contribution in [1.82, 2.24) is 5.32 Å². The molecular weight excluding hydrogens is 350 g/mol. The Morgan fingerprint density at radius 3 is 2.58 bits per heavy atom. The summed E-state index contributed by atoms with van der Waals surface area (Å²) in [6.07, 6.45) is 0. The number of nitrogens with zero attached hydrogens (tertiary/aromatic N) is 1. The summed E-state index contributed by atoms with van der Waals surface area (Å²) in [5.41, 5.74) is 2.40. The largest absolute Gasteiger partial charge is 0.350 e. The maximum absolute atomic E-state index is 12.3. The van der Waals surface area contributed by atoms with Gasteiger partial charge in [0.25, 0.3) is 0 Å². The molecule has 0 radical (unpaired) electrons. The minimum atomic E-state index is -0.217. The van der Waals surface area contributed by atoms with E-state index in [1.54, 1.807) is 12.1 Å². The molecule has 0 bridgehead atoms. The van der Waals surface area contributed by atoms with Crippen molar-refractivity contribution in [3.05, 3.63) is 54.1 Å². The fourth-order valence-electron chi connectivity index (χ4n) is 2.64. The lowest BCUT2D eigenvalue weighted by Gasteiger charge is -2.28. The van der Waals surface area contributed by atoms with Crippen molar-refractivity contribution >= 4 is 40.9 Å². The van der Waals surface area contributed by atoms with E-state index in [-0.39, 0.29) is 24.3 Å². The molecule has 0 saturated carbocycles. The lowest BCUT2D eigenvalue weighted by molar-refractivity contribution is -0.123. The van der Waals surface area contributed by atoms with Gasteiger partial charge in [0.1, 0.15) is 6.54 Å². The van der Waals surface area contributed by atoms with Crippen LogP contribution in [0.25, 0.3) is 0 Å². The van der Waals surface area contributed by atoms with Crippen LogP contribution >= 0.6 is 11.8 Å².